The molecule has 1 amide bonds. The summed E-state index contributed by atoms with van der Waals surface area (Å²) in [5.74, 6) is -2.99. The minimum atomic E-state index is -4.82. The van der Waals surface area contributed by atoms with Crippen molar-refractivity contribution in [3.63, 3.8) is 0 Å². The molecule has 0 unspecified atom stereocenters. The topological polar surface area (TPSA) is 292 Å². The number of carbonyl (C=O) groups is 5. The van der Waals surface area contributed by atoms with Gasteiger partial charge in [0.15, 0.2) is 27.0 Å². The first-order valence-electron chi connectivity index (χ1n) is 55.9. The zero-order valence-corrected chi connectivity index (χ0v) is 90.7. The summed E-state index contributed by atoms with van der Waals surface area (Å²) < 4.78 is 112. The molecule has 0 spiro atoms. The number of nitrogens with zero attached hydrogens (tertiary/aromatic N) is 3. The molecule has 0 aliphatic carbocycles. The van der Waals surface area contributed by atoms with Crippen molar-refractivity contribution in [1.82, 2.24) is 5.32 Å². The average Bonchev–Trinajstić information content (AvgIpc) is 1.51. The van der Waals surface area contributed by atoms with Crippen LogP contribution in [0.2, 0.25) is 18.1 Å². The summed E-state index contributed by atoms with van der Waals surface area (Å²) >= 11 is 0. The van der Waals surface area contributed by atoms with Crippen molar-refractivity contribution in [3.8, 4) is 0 Å². The smallest absolute Gasteiger partial charge is 0.462 e. The fourth-order valence-electron chi connectivity index (χ4n) is 18.6. The van der Waals surface area contributed by atoms with Gasteiger partial charge < -0.3 is 57.1 Å². The Morgan fingerprint density at radius 2 is 0.780 bits per heavy atom. The van der Waals surface area contributed by atoms with Crippen molar-refractivity contribution in [2.45, 2.75) is 539 Å². The normalized spacial score (nSPS) is 19.8. The molecule has 13 atom stereocenters. The Labute approximate surface area is 851 Å². The summed E-state index contributed by atoms with van der Waals surface area (Å²) in [5.41, 5.74) is 14.7. The molecule has 3 aliphatic heterocycles. The number of esters is 4. The lowest BCUT2D eigenvalue weighted by Gasteiger charge is -2.49. The fraction of sp³-hybridized carbons (Fsp3) is 0.748. The van der Waals surface area contributed by atoms with Crippen molar-refractivity contribution in [2.75, 3.05) is 13.2 Å². The van der Waals surface area contributed by atoms with Crippen LogP contribution in [0.5, 0.6) is 0 Å². The number of phosphoric acid groups is 1. The molecule has 26 heteroatoms. The number of rotatable bonds is 81. The average molecular weight is 2000 g/mol. The lowest BCUT2D eigenvalue weighted by atomic mass is 9.95. The van der Waals surface area contributed by atoms with Crippen molar-refractivity contribution in [2.24, 2.45) is 5.11 Å². The van der Waals surface area contributed by atoms with Crippen LogP contribution in [0.25, 0.3) is 10.4 Å². The maximum Gasteiger partial charge on any atom is 0.475 e. The van der Waals surface area contributed by atoms with E-state index < -0.39 is 144 Å². The number of benzene rings is 4. The van der Waals surface area contributed by atoms with Gasteiger partial charge in [0.25, 0.3) is 0 Å². The largest absolute Gasteiger partial charge is 0.475 e. The summed E-state index contributed by atoms with van der Waals surface area (Å²) in [6.07, 6.45) is 36.4. The highest BCUT2D eigenvalue weighted by Gasteiger charge is 2.57. The third-order valence-electron chi connectivity index (χ3n) is 28.2. The first kappa shape index (κ1) is 122. The van der Waals surface area contributed by atoms with Crippen molar-refractivity contribution < 1.29 is 93.9 Å². The molecule has 7 rings (SSSR count). The molecule has 0 aromatic heterocycles. The second kappa shape index (κ2) is 73.6. The summed E-state index contributed by atoms with van der Waals surface area (Å²) in [7, 11) is -7.81. The molecule has 796 valence electrons. The van der Waals surface area contributed by atoms with Crippen LogP contribution in [0.1, 0.15) is 436 Å². The zero-order valence-electron chi connectivity index (χ0n) is 88.8. The number of ether oxygens (including phenoxy) is 10. The van der Waals surface area contributed by atoms with Gasteiger partial charge in [-0.1, -0.05) is 452 Å². The lowest BCUT2D eigenvalue weighted by molar-refractivity contribution is -0.301. The summed E-state index contributed by atoms with van der Waals surface area (Å²) in [5, 5.41) is 7.22. The Hall–Kier alpha value is -6.41. The Kier molecular flexibility index (Phi) is 63.5. The molecule has 4 aromatic rings. The molecule has 3 aliphatic rings. The molecule has 0 bridgehead atoms. The molecular weight excluding hydrogens is 1820 g/mol. The number of azide groups is 1. The molecule has 3 heterocycles. The molecule has 2 saturated heterocycles. The van der Waals surface area contributed by atoms with Crippen molar-refractivity contribution in [3.05, 3.63) is 154 Å². The highest BCUT2D eigenvalue weighted by Crippen LogP contribution is 2.56. The molecule has 24 nitrogen and oxygen atoms in total. The molecule has 2 fully saturated rings. The number of amides is 1. The number of nitrogens with one attached hydrogen (secondary N) is 1. The number of unbranched alkanes of at least 4 members (excludes halogenated alkanes) is 42. The molecule has 4 aromatic carbocycles. The Bertz CT molecular complexity index is 4000. The van der Waals surface area contributed by atoms with Gasteiger partial charge in [-0.2, -0.15) is 0 Å². The number of hydrogen-bond acceptors (Lipinski definition) is 21. The first-order chi connectivity index (χ1) is 68.6. The maximum atomic E-state index is 16.2. The van der Waals surface area contributed by atoms with Crippen LogP contribution in [-0.4, -0.2) is 131 Å². The monoisotopic (exact) mass is 2000 g/mol. The second-order valence-electron chi connectivity index (χ2n) is 41.6. The number of phosphoric ester groups is 1. The van der Waals surface area contributed by atoms with Crippen molar-refractivity contribution >= 4 is 45.9 Å². The molecule has 0 saturated carbocycles. The van der Waals surface area contributed by atoms with Crippen LogP contribution in [0, 0.1) is 0 Å². The van der Waals surface area contributed by atoms with E-state index >= 15 is 18.9 Å². The van der Waals surface area contributed by atoms with Gasteiger partial charge in [-0.15, -0.1) is 0 Å². The van der Waals surface area contributed by atoms with Gasteiger partial charge >= 0.3 is 31.7 Å². The molecular formula is C115H187N4O20PSi. The molecule has 1 N–H and O–H groups in total. The van der Waals surface area contributed by atoms with Gasteiger partial charge in [0.1, 0.15) is 54.8 Å². The van der Waals surface area contributed by atoms with Crippen LogP contribution >= 0.6 is 7.82 Å². The predicted octanol–water partition coefficient (Wildman–Crippen LogP) is 30.5. The van der Waals surface area contributed by atoms with Crippen LogP contribution in [-0.2, 0) is 127 Å². The summed E-state index contributed by atoms with van der Waals surface area (Å²) in [6.45, 7) is 20.3. The van der Waals surface area contributed by atoms with Crippen LogP contribution in [0.3, 0.4) is 0 Å². The predicted molar refractivity (Wildman–Crippen MR) is 563 cm³/mol. The van der Waals surface area contributed by atoms with Gasteiger partial charge in [-0.25, -0.2) is 4.57 Å². The Morgan fingerprint density at radius 1 is 0.418 bits per heavy atom. The molecule has 0 radical (unpaired) electrons. The van der Waals surface area contributed by atoms with Gasteiger partial charge in [0.2, 0.25) is 5.91 Å². The van der Waals surface area contributed by atoms with E-state index in [2.05, 4.69) is 70.7 Å². The van der Waals surface area contributed by atoms with Gasteiger partial charge in [0, 0.05) is 17.8 Å². The van der Waals surface area contributed by atoms with E-state index in [1.165, 1.54) is 122 Å². The first-order valence-corrected chi connectivity index (χ1v) is 60.2. The minimum absolute atomic E-state index is 0.0321. The van der Waals surface area contributed by atoms with E-state index in [1.807, 2.05) is 128 Å². The highest BCUT2D eigenvalue weighted by molar-refractivity contribution is 7.48. The lowest BCUT2D eigenvalue weighted by Crippen LogP contribution is -2.67. The summed E-state index contributed by atoms with van der Waals surface area (Å²) in [4.78, 5) is 80.0. The van der Waals surface area contributed by atoms with Crippen molar-refractivity contribution in [1.29, 1.82) is 0 Å². The van der Waals surface area contributed by atoms with Crippen LogP contribution < -0.4 is 5.32 Å². The zero-order chi connectivity index (χ0) is 101. The number of fused-ring (bicyclic) bond motifs is 1. The Morgan fingerprint density at radius 3 is 1.21 bits per heavy atom. The highest BCUT2D eigenvalue weighted by atomic mass is 31.2. The van der Waals surface area contributed by atoms with Crippen LogP contribution in [0.15, 0.2) is 120 Å². The fourth-order valence-corrected chi connectivity index (χ4v) is 21.1. The maximum absolute atomic E-state index is 16.2. The molecule has 141 heavy (non-hydrogen) atoms. The van der Waals surface area contributed by atoms with Gasteiger partial charge in [-0.3, -0.25) is 37.5 Å². The van der Waals surface area contributed by atoms with Crippen LogP contribution in [0.4, 0.5) is 0 Å². The summed E-state index contributed by atoms with van der Waals surface area (Å²) in [6, 6.07) is 33.2. The quantitative estimate of drug-likeness (QED) is 0.00628. The van der Waals surface area contributed by atoms with E-state index in [9.17, 15) is 15.1 Å². The van der Waals surface area contributed by atoms with E-state index in [4.69, 9.17) is 65.4 Å². The third kappa shape index (κ3) is 51.2. The minimum Gasteiger partial charge on any atom is -0.462 e. The number of carbonyl (C=O) groups excluding carboxylic acids is 5. The third-order valence-corrected chi connectivity index (χ3v) is 34.1. The van der Waals surface area contributed by atoms with Gasteiger partial charge in [0.05, 0.1) is 71.6 Å². The van der Waals surface area contributed by atoms with E-state index in [0.29, 0.717) is 56.1 Å². The van der Waals surface area contributed by atoms with E-state index in [-0.39, 0.29) is 65.3 Å². The standard InChI is InChI=1S/C115H187N4O20PSi/c1-11-16-21-26-31-36-37-42-47-52-66-81-104(122)133-99(79-64-50-45-40-34-29-24-19-14-4)84-106(124)136-111-107(117-102(120)82-98(78-63-49-44-39-33-28-23-18-13-3)132-103(121)80-65-51-46-41-35-30-25-20-15-5)113(134-100(90-126-85-92-69-56-53-57-70-92)110(111)138-140(125)130-88-95-75-67-68-76-96(95)89-131-140)129-91-101-109(128-87-94-73-60-55-61-74-94)112(108(118-119-116)114(135-101)139-141(9,10)115(6,7)8)137-105(123)83-97(127-86-93-71-58-54-59-72-93)77-62-48-43-38-32-27-22-17-12-2/h53-61,67-76,97-101,107-114H,11-52,62-66,77-91H2,1-10H3,(H,117,120)/t97-,98-,99-,100-,101-,107-,108-,109-,110-,111-,112-,113-,114+/m1/s1. The second-order valence-corrected chi connectivity index (χ2v) is 47.9. The number of hydrogen-bond donors (Lipinski definition) is 1. The van der Waals surface area contributed by atoms with E-state index in [1.54, 1.807) is 0 Å². The SMILES string of the molecule is CCCCCCCCCCCCCC(=O)O[C@H](CCCCCCCCCCC)CC(=O)O[C@@H]1[C@@H](NC(=O)C[C@@H](CCCCCCCCCCC)OC(=O)CCCCCCCCCCC)[C@H](OC[C@H]2O[C@@H](O[Si](C)(C)C(C)(C)C)[C@H](N=[N+]=[N-])[C@@H](OC(=O)C[C@@H](CCCCCCCCCCC)OCc3ccccc3)[C@@H]2OCc2ccccc2)O[C@H](COCc2ccccc2)[C@H]1OP1(=O)OCc2ccccc2CO1. The Balaban J connectivity index is 1.37. The van der Waals surface area contributed by atoms with Gasteiger partial charge in [-0.05, 0) is 96.4 Å². The van der Waals surface area contributed by atoms with E-state index in [0.717, 1.165) is 171 Å².